The average molecular weight is 384 g/mol. The first-order chi connectivity index (χ1) is 11.7. The number of nitrogens with zero attached hydrogens (tertiary/aromatic N) is 4. The molecule has 1 amide bonds. The van der Waals surface area contributed by atoms with Gasteiger partial charge in [-0.25, -0.2) is 14.6 Å². The Hall–Kier alpha value is -3.00. The molecule has 0 unspecified atom stereocenters. The molecule has 4 aromatic rings. The van der Waals surface area contributed by atoms with Crippen LogP contribution in [0.5, 0.6) is 0 Å². The molecule has 1 aromatic carbocycles. The van der Waals surface area contributed by atoms with Crippen LogP contribution in [0.2, 0.25) is 0 Å². The van der Waals surface area contributed by atoms with Crippen LogP contribution in [0.3, 0.4) is 0 Å². The normalized spacial score (nSPS) is 10.9. The van der Waals surface area contributed by atoms with E-state index >= 15 is 0 Å². The number of carbonyl (C=O) groups is 1. The molecule has 3 aromatic heterocycles. The molecule has 0 spiro atoms. The van der Waals surface area contributed by atoms with Gasteiger partial charge in [-0.15, -0.1) is 0 Å². The van der Waals surface area contributed by atoms with Gasteiger partial charge in [-0.3, -0.25) is 4.79 Å². The van der Waals surface area contributed by atoms with Crippen molar-refractivity contribution in [1.29, 1.82) is 0 Å². The molecule has 0 aliphatic heterocycles. The number of fused-ring (bicyclic) bond motifs is 1. The van der Waals surface area contributed by atoms with E-state index in [1.807, 2.05) is 18.2 Å². The SMILES string of the molecule is O=C(Nc1ccc(-n2cncn2)nc1)c1cc2cccc(Br)c2o1. The molecular weight excluding hydrogens is 374 g/mol. The molecule has 1 N–H and O–H groups in total. The fourth-order valence-electron chi connectivity index (χ4n) is 2.25. The summed E-state index contributed by atoms with van der Waals surface area (Å²) in [5, 5.41) is 7.60. The van der Waals surface area contributed by atoms with Gasteiger partial charge >= 0.3 is 0 Å². The Morgan fingerprint density at radius 2 is 2.17 bits per heavy atom. The van der Waals surface area contributed by atoms with Crippen molar-refractivity contribution in [2.75, 3.05) is 5.32 Å². The monoisotopic (exact) mass is 383 g/mol. The number of furan rings is 1. The summed E-state index contributed by atoms with van der Waals surface area (Å²) < 4.78 is 7.95. The molecule has 0 saturated carbocycles. The number of nitrogens with one attached hydrogen (secondary N) is 1. The van der Waals surface area contributed by atoms with Crippen molar-refractivity contribution in [2.24, 2.45) is 0 Å². The lowest BCUT2D eigenvalue weighted by Crippen LogP contribution is -2.11. The van der Waals surface area contributed by atoms with Gasteiger partial charge in [-0.1, -0.05) is 12.1 Å². The van der Waals surface area contributed by atoms with Crippen LogP contribution in [0.25, 0.3) is 16.8 Å². The minimum Gasteiger partial charge on any atom is -0.450 e. The van der Waals surface area contributed by atoms with Gasteiger partial charge in [0.25, 0.3) is 5.91 Å². The topological polar surface area (TPSA) is 85.8 Å². The van der Waals surface area contributed by atoms with Crippen molar-refractivity contribution >= 4 is 38.5 Å². The van der Waals surface area contributed by atoms with Crippen LogP contribution < -0.4 is 5.32 Å². The Balaban J connectivity index is 1.55. The number of para-hydroxylation sites is 1. The molecule has 0 aliphatic rings. The van der Waals surface area contributed by atoms with Crippen molar-refractivity contribution in [2.45, 2.75) is 0 Å². The van der Waals surface area contributed by atoms with Crippen LogP contribution in [0.15, 0.2) is 64.1 Å². The Bertz CT molecular complexity index is 1010. The van der Waals surface area contributed by atoms with Gasteiger partial charge < -0.3 is 9.73 Å². The van der Waals surface area contributed by atoms with Gasteiger partial charge in [0.2, 0.25) is 0 Å². The van der Waals surface area contributed by atoms with Gasteiger partial charge in [0, 0.05) is 5.39 Å². The van der Waals surface area contributed by atoms with Gasteiger partial charge in [-0.05, 0) is 40.2 Å². The molecular formula is C16H10BrN5O2. The minimum absolute atomic E-state index is 0.234. The number of anilines is 1. The smallest absolute Gasteiger partial charge is 0.291 e. The zero-order valence-corrected chi connectivity index (χ0v) is 13.8. The summed E-state index contributed by atoms with van der Waals surface area (Å²) in [5.74, 6) is 0.504. The number of aromatic nitrogens is 4. The van der Waals surface area contributed by atoms with Crippen molar-refractivity contribution < 1.29 is 9.21 Å². The van der Waals surface area contributed by atoms with E-state index in [1.165, 1.54) is 11.0 Å². The zero-order valence-electron chi connectivity index (χ0n) is 12.2. The quantitative estimate of drug-likeness (QED) is 0.585. The molecule has 0 bridgehead atoms. The van der Waals surface area contributed by atoms with Crippen LogP contribution in [-0.2, 0) is 0 Å². The van der Waals surface area contributed by atoms with E-state index in [4.69, 9.17) is 4.42 Å². The highest BCUT2D eigenvalue weighted by molar-refractivity contribution is 9.10. The van der Waals surface area contributed by atoms with E-state index < -0.39 is 0 Å². The number of halogens is 1. The molecule has 0 atom stereocenters. The number of rotatable bonds is 3. The summed E-state index contributed by atoms with van der Waals surface area (Å²) in [6.07, 6.45) is 4.53. The molecule has 0 aliphatic carbocycles. The first-order valence-corrected chi connectivity index (χ1v) is 7.80. The highest BCUT2D eigenvalue weighted by Crippen LogP contribution is 2.27. The minimum atomic E-state index is -0.339. The summed E-state index contributed by atoms with van der Waals surface area (Å²) in [5.41, 5.74) is 1.20. The summed E-state index contributed by atoms with van der Waals surface area (Å²) in [7, 11) is 0. The van der Waals surface area contributed by atoms with Gasteiger partial charge in [0.15, 0.2) is 11.6 Å². The molecule has 24 heavy (non-hydrogen) atoms. The fourth-order valence-corrected chi connectivity index (χ4v) is 2.72. The van der Waals surface area contributed by atoms with E-state index in [1.54, 1.807) is 30.7 Å². The predicted molar refractivity (Wildman–Crippen MR) is 91.0 cm³/mol. The Morgan fingerprint density at radius 3 is 2.88 bits per heavy atom. The number of amides is 1. The van der Waals surface area contributed by atoms with Crippen molar-refractivity contribution in [3.8, 4) is 5.82 Å². The molecule has 8 heteroatoms. The van der Waals surface area contributed by atoms with Crippen LogP contribution >= 0.6 is 15.9 Å². The van der Waals surface area contributed by atoms with E-state index in [-0.39, 0.29) is 11.7 Å². The zero-order chi connectivity index (χ0) is 16.5. The third-order valence-corrected chi connectivity index (χ3v) is 4.00. The maximum absolute atomic E-state index is 12.3. The Morgan fingerprint density at radius 1 is 1.25 bits per heavy atom. The van der Waals surface area contributed by atoms with Gasteiger partial charge in [-0.2, -0.15) is 5.10 Å². The maximum atomic E-state index is 12.3. The van der Waals surface area contributed by atoms with Crippen molar-refractivity contribution in [3.63, 3.8) is 0 Å². The van der Waals surface area contributed by atoms with Crippen LogP contribution in [0.1, 0.15) is 10.6 Å². The third kappa shape index (κ3) is 2.67. The lowest BCUT2D eigenvalue weighted by atomic mass is 10.2. The van der Waals surface area contributed by atoms with Gasteiger partial charge in [0.1, 0.15) is 18.2 Å². The standard InChI is InChI=1S/C16H10BrN5O2/c17-12-3-1-2-10-6-13(24-15(10)12)16(23)21-11-4-5-14(19-7-11)22-9-18-8-20-22/h1-9H,(H,21,23). The number of carbonyl (C=O) groups excluding carboxylic acids is 1. The molecule has 3 heterocycles. The largest absolute Gasteiger partial charge is 0.450 e. The second-order valence-corrected chi connectivity index (χ2v) is 5.82. The molecule has 118 valence electrons. The van der Waals surface area contributed by atoms with Crippen LogP contribution in [-0.4, -0.2) is 25.7 Å². The highest BCUT2D eigenvalue weighted by atomic mass is 79.9. The maximum Gasteiger partial charge on any atom is 0.291 e. The highest BCUT2D eigenvalue weighted by Gasteiger charge is 2.14. The first-order valence-electron chi connectivity index (χ1n) is 7.01. The molecule has 0 saturated heterocycles. The molecule has 0 radical (unpaired) electrons. The number of hydrogen-bond acceptors (Lipinski definition) is 5. The third-order valence-electron chi connectivity index (χ3n) is 3.38. The summed E-state index contributed by atoms with van der Waals surface area (Å²) in [6, 6.07) is 10.8. The summed E-state index contributed by atoms with van der Waals surface area (Å²) in [4.78, 5) is 20.4. The lowest BCUT2D eigenvalue weighted by Gasteiger charge is -2.04. The van der Waals surface area contributed by atoms with E-state index in [2.05, 4.69) is 36.3 Å². The second kappa shape index (κ2) is 5.89. The first kappa shape index (κ1) is 14.6. The summed E-state index contributed by atoms with van der Waals surface area (Å²) >= 11 is 3.40. The Labute approximate surface area is 144 Å². The van der Waals surface area contributed by atoms with Gasteiger partial charge in [0.05, 0.1) is 16.4 Å². The predicted octanol–water partition coefficient (Wildman–Crippen LogP) is 3.42. The average Bonchev–Trinajstić information content (AvgIpc) is 3.26. The van der Waals surface area contributed by atoms with Crippen molar-refractivity contribution in [1.82, 2.24) is 19.7 Å². The lowest BCUT2D eigenvalue weighted by molar-refractivity contribution is 0.0998. The molecule has 7 nitrogen and oxygen atoms in total. The van der Waals surface area contributed by atoms with Crippen molar-refractivity contribution in [3.05, 3.63) is 65.5 Å². The Kier molecular flexibility index (Phi) is 3.58. The van der Waals surface area contributed by atoms with Crippen LogP contribution in [0, 0.1) is 0 Å². The number of benzene rings is 1. The second-order valence-electron chi connectivity index (χ2n) is 4.97. The van der Waals surface area contributed by atoms with E-state index in [9.17, 15) is 4.79 Å². The summed E-state index contributed by atoms with van der Waals surface area (Å²) in [6.45, 7) is 0. The number of hydrogen-bond donors (Lipinski definition) is 1. The van der Waals surface area contributed by atoms with Crippen LogP contribution in [0.4, 0.5) is 5.69 Å². The van der Waals surface area contributed by atoms with E-state index in [0.29, 0.717) is 17.1 Å². The number of pyridine rings is 1. The fraction of sp³-hybridized carbons (Fsp3) is 0. The molecule has 4 rings (SSSR count). The molecule has 0 fully saturated rings. The van der Waals surface area contributed by atoms with E-state index in [0.717, 1.165) is 9.86 Å².